The highest BCUT2D eigenvalue weighted by atomic mass is 16.3. The fourth-order valence-electron chi connectivity index (χ4n) is 1.48. The molecule has 5 nitrogen and oxygen atoms in total. The van der Waals surface area contributed by atoms with Crippen molar-refractivity contribution in [3.05, 3.63) is 41.7 Å². The van der Waals surface area contributed by atoms with Crippen LogP contribution in [0, 0.1) is 6.92 Å². The number of anilines is 1. The van der Waals surface area contributed by atoms with E-state index in [1.54, 1.807) is 36.1 Å². The zero-order valence-electron chi connectivity index (χ0n) is 9.64. The summed E-state index contributed by atoms with van der Waals surface area (Å²) in [4.78, 5) is 11.8. The van der Waals surface area contributed by atoms with Crippen LogP contribution < -0.4 is 5.32 Å². The van der Waals surface area contributed by atoms with E-state index in [4.69, 9.17) is 0 Å². The summed E-state index contributed by atoms with van der Waals surface area (Å²) in [6.07, 6.45) is 3.09. The Morgan fingerprint density at radius 3 is 2.88 bits per heavy atom. The first-order valence-electron chi connectivity index (χ1n) is 5.16. The molecule has 2 rings (SSSR count). The molecule has 2 N–H and O–H groups in total. The van der Waals surface area contributed by atoms with Crippen molar-refractivity contribution < 1.29 is 9.90 Å². The molecule has 88 valence electrons. The molecule has 0 aliphatic carbocycles. The van der Waals surface area contributed by atoms with Crippen molar-refractivity contribution in [2.75, 3.05) is 5.32 Å². The topological polar surface area (TPSA) is 67.2 Å². The second-order valence-electron chi connectivity index (χ2n) is 3.88. The van der Waals surface area contributed by atoms with Crippen molar-refractivity contribution in [3.63, 3.8) is 0 Å². The van der Waals surface area contributed by atoms with E-state index in [9.17, 15) is 9.90 Å². The van der Waals surface area contributed by atoms with E-state index in [-0.39, 0.29) is 11.7 Å². The summed E-state index contributed by atoms with van der Waals surface area (Å²) in [5, 5.41) is 16.2. The van der Waals surface area contributed by atoms with E-state index in [2.05, 4.69) is 10.4 Å². The van der Waals surface area contributed by atoms with Crippen molar-refractivity contribution >= 4 is 11.6 Å². The van der Waals surface area contributed by atoms with Gasteiger partial charge in [0.25, 0.3) is 5.91 Å². The van der Waals surface area contributed by atoms with Gasteiger partial charge in [-0.25, -0.2) is 0 Å². The van der Waals surface area contributed by atoms with Crippen LogP contribution in [0.4, 0.5) is 5.69 Å². The normalized spacial score (nSPS) is 10.2. The Balaban J connectivity index is 2.21. The summed E-state index contributed by atoms with van der Waals surface area (Å²) in [5.74, 6) is -0.244. The molecule has 1 aromatic heterocycles. The van der Waals surface area contributed by atoms with Gasteiger partial charge >= 0.3 is 0 Å². The Bertz CT molecular complexity index is 561. The van der Waals surface area contributed by atoms with Gasteiger partial charge in [-0.15, -0.1) is 0 Å². The number of aryl methyl sites for hydroxylation is 2. The Hall–Kier alpha value is -2.30. The number of aromatic nitrogens is 2. The van der Waals surface area contributed by atoms with E-state index in [0.29, 0.717) is 11.3 Å². The van der Waals surface area contributed by atoms with Gasteiger partial charge in [0.2, 0.25) is 0 Å². The second kappa shape index (κ2) is 4.29. The number of phenols is 1. The summed E-state index contributed by atoms with van der Waals surface area (Å²) in [6, 6.07) is 5.03. The molecule has 0 aliphatic heterocycles. The number of nitrogens with one attached hydrogen (secondary N) is 1. The number of benzene rings is 1. The van der Waals surface area contributed by atoms with Crippen molar-refractivity contribution in [3.8, 4) is 5.75 Å². The number of amides is 1. The number of hydrogen-bond donors (Lipinski definition) is 2. The standard InChI is InChI=1S/C12H13N3O2/c1-8-3-4-11(16)10(5-8)14-12(17)9-6-13-15(2)7-9/h3-7,16H,1-2H3,(H,14,17). The van der Waals surface area contributed by atoms with Crippen molar-refractivity contribution in [1.82, 2.24) is 9.78 Å². The van der Waals surface area contributed by atoms with Crippen molar-refractivity contribution in [1.29, 1.82) is 0 Å². The first-order chi connectivity index (χ1) is 8.06. The van der Waals surface area contributed by atoms with Gasteiger partial charge in [0.1, 0.15) is 5.75 Å². The second-order valence-corrected chi connectivity index (χ2v) is 3.88. The number of carbonyl (C=O) groups is 1. The highest BCUT2D eigenvalue weighted by Gasteiger charge is 2.10. The van der Waals surface area contributed by atoms with Crippen LogP contribution >= 0.6 is 0 Å². The summed E-state index contributed by atoms with van der Waals surface area (Å²) >= 11 is 0. The first-order valence-corrected chi connectivity index (χ1v) is 5.16. The fraction of sp³-hybridized carbons (Fsp3) is 0.167. The lowest BCUT2D eigenvalue weighted by Crippen LogP contribution is -2.11. The Labute approximate surface area is 98.7 Å². The Morgan fingerprint density at radius 2 is 2.24 bits per heavy atom. The molecule has 0 atom stereocenters. The number of aromatic hydroxyl groups is 1. The molecule has 0 unspecified atom stereocenters. The molecule has 1 aromatic carbocycles. The minimum absolute atomic E-state index is 0.0489. The molecule has 17 heavy (non-hydrogen) atoms. The molecule has 0 saturated carbocycles. The number of nitrogens with zero attached hydrogens (tertiary/aromatic N) is 2. The van der Waals surface area contributed by atoms with Gasteiger partial charge in [-0.3, -0.25) is 9.48 Å². The van der Waals surface area contributed by atoms with E-state index in [0.717, 1.165) is 5.56 Å². The van der Waals surface area contributed by atoms with Crippen molar-refractivity contribution in [2.24, 2.45) is 7.05 Å². The zero-order chi connectivity index (χ0) is 12.4. The van der Waals surface area contributed by atoms with Gasteiger partial charge in [-0.2, -0.15) is 5.10 Å². The molecule has 0 saturated heterocycles. The molecule has 5 heteroatoms. The molecule has 0 fully saturated rings. The van der Waals surface area contributed by atoms with Crippen LogP contribution in [0.5, 0.6) is 5.75 Å². The molecule has 0 radical (unpaired) electrons. The number of phenolic OH excluding ortho intramolecular Hbond substituents is 1. The third-order valence-corrected chi connectivity index (χ3v) is 2.37. The van der Waals surface area contributed by atoms with Crippen LogP contribution in [0.25, 0.3) is 0 Å². The Morgan fingerprint density at radius 1 is 1.47 bits per heavy atom. The smallest absolute Gasteiger partial charge is 0.258 e. The zero-order valence-corrected chi connectivity index (χ0v) is 9.64. The van der Waals surface area contributed by atoms with Gasteiger partial charge in [-0.05, 0) is 24.6 Å². The van der Waals surface area contributed by atoms with Crippen LogP contribution in [0.15, 0.2) is 30.6 Å². The van der Waals surface area contributed by atoms with Crippen LogP contribution in [0.2, 0.25) is 0 Å². The highest BCUT2D eigenvalue weighted by Crippen LogP contribution is 2.24. The molecular weight excluding hydrogens is 218 g/mol. The summed E-state index contributed by atoms with van der Waals surface area (Å²) in [5.41, 5.74) is 1.82. The van der Waals surface area contributed by atoms with E-state index < -0.39 is 0 Å². The monoisotopic (exact) mass is 231 g/mol. The molecule has 1 amide bonds. The maximum absolute atomic E-state index is 11.8. The summed E-state index contributed by atoms with van der Waals surface area (Å²) in [7, 11) is 1.74. The number of carbonyl (C=O) groups excluding carboxylic acids is 1. The lowest BCUT2D eigenvalue weighted by atomic mass is 10.2. The van der Waals surface area contributed by atoms with Gasteiger partial charge in [0.05, 0.1) is 17.4 Å². The van der Waals surface area contributed by atoms with Crippen molar-refractivity contribution in [2.45, 2.75) is 6.92 Å². The predicted octanol–water partition coefficient (Wildman–Crippen LogP) is 1.69. The molecule has 1 heterocycles. The summed E-state index contributed by atoms with van der Waals surface area (Å²) < 4.78 is 1.55. The van der Waals surface area contributed by atoms with Gasteiger partial charge in [0, 0.05) is 13.2 Å². The fourth-order valence-corrected chi connectivity index (χ4v) is 1.48. The largest absolute Gasteiger partial charge is 0.506 e. The van der Waals surface area contributed by atoms with Crippen LogP contribution in [0.3, 0.4) is 0 Å². The quantitative estimate of drug-likeness (QED) is 0.773. The average molecular weight is 231 g/mol. The summed E-state index contributed by atoms with van der Waals surface area (Å²) in [6.45, 7) is 1.89. The molecule has 0 bridgehead atoms. The van der Waals surface area contributed by atoms with E-state index in [1.807, 2.05) is 6.92 Å². The van der Waals surface area contributed by atoms with Gasteiger partial charge < -0.3 is 10.4 Å². The lowest BCUT2D eigenvalue weighted by molar-refractivity contribution is 0.102. The minimum atomic E-state index is -0.293. The first kappa shape index (κ1) is 11.2. The van der Waals surface area contributed by atoms with Gasteiger partial charge in [-0.1, -0.05) is 6.07 Å². The minimum Gasteiger partial charge on any atom is -0.506 e. The van der Waals surface area contributed by atoms with Gasteiger partial charge in [0.15, 0.2) is 0 Å². The maximum Gasteiger partial charge on any atom is 0.258 e. The van der Waals surface area contributed by atoms with Crippen LogP contribution in [0.1, 0.15) is 15.9 Å². The maximum atomic E-state index is 11.8. The number of hydrogen-bond acceptors (Lipinski definition) is 3. The molecule has 0 aliphatic rings. The predicted molar refractivity (Wildman–Crippen MR) is 64.0 cm³/mol. The lowest BCUT2D eigenvalue weighted by Gasteiger charge is -2.06. The highest BCUT2D eigenvalue weighted by molar-refractivity contribution is 6.04. The Kier molecular flexibility index (Phi) is 2.82. The average Bonchev–Trinajstić information content (AvgIpc) is 2.70. The SMILES string of the molecule is Cc1ccc(O)c(NC(=O)c2cnn(C)c2)c1. The molecule has 2 aromatic rings. The van der Waals surface area contributed by atoms with Crippen LogP contribution in [-0.2, 0) is 7.05 Å². The van der Waals surface area contributed by atoms with E-state index >= 15 is 0 Å². The third kappa shape index (κ3) is 2.44. The number of rotatable bonds is 2. The third-order valence-electron chi connectivity index (χ3n) is 2.37. The van der Waals surface area contributed by atoms with Crippen LogP contribution in [-0.4, -0.2) is 20.8 Å². The van der Waals surface area contributed by atoms with E-state index in [1.165, 1.54) is 6.20 Å². The molecule has 0 spiro atoms. The molecular formula is C12H13N3O2.